The predicted octanol–water partition coefficient (Wildman–Crippen LogP) is 2.85. The zero-order chi connectivity index (χ0) is 23.0. The number of methoxy groups -OCH3 is 2. The van der Waals surface area contributed by atoms with Crippen molar-refractivity contribution in [2.24, 2.45) is 0 Å². The molecule has 9 nitrogen and oxygen atoms in total. The van der Waals surface area contributed by atoms with Crippen LogP contribution in [0.1, 0.15) is 21.6 Å². The molecule has 0 radical (unpaired) electrons. The molecule has 0 atom stereocenters. The van der Waals surface area contributed by atoms with Gasteiger partial charge in [0.1, 0.15) is 5.75 Å². The van der Waals surface area contributed by atoms with E-state index in [1.807, 2.05) is 36.4 Å². The highest BCUT2D eigenvalue weighted by Gasteiger charge is 2.20. The van der Waals surface area contributed by atoms with Gasteiger partial charge in [-0.3, -0.25) is 9.78 Å². The van der Waals surface area contributed by atoms with E-state index in [9.17, 15) is 4.79 Å². The number of carbonyl (C=O) groups is 1. The highest BCUT2D eigenvalue weighted by molar-refractivity contribution is 5.95. The number of rotatable bonds is 9. The molecule has 0 bridgehead atoms. The molecule has 3 heterocycles. The number of amides is 1. The Morgan fingerprint density at radius 2 is 1.94 bits per heavy atom. The third-order valence-electron chi connectivity index (χ3n) is 5.03. The molecule has 0 aliphatic rings. The van der Waals surface area contributed by atoms with Crippen LogP contribution in [0.2, 0.25) is 0 Å². The minimum Gasteiger partial charge on any atom is -0.496 e. The van der Waals surface area contributed by atoms with Crippen LogP contribution in [0.25, 0.3) is 17.2 Å². The Labute approximate surface area is 191 Å². The largest absolute Gasteiger partial charge is 0.496 e. The van der Waals surface area contributed by atoms with E-state index in [-0.39, 0.29) is 12.5 Å². The molecule has 168 valence electrons. The highest BCUT2D eigenvalue weighted by atomic mass is 16.5. The van der Waals surface area contributed by atoms with Gasteiger partial charge in [0, 0.05) is 37.8 Å². The van der Waals surface area contributed by atoms with Gasteiger partial charge in [-0.15, -0.1) is 0 Å². The molecule has 0 spiro atoms. The first-order valence-corrected chi connectivity index (χ1v) is 10.4. The summed E-state index contributed by atoms with van der Waals surface area (Å²) < 4.78 is 12.3. The lowest BCUT2D eigenvalue weighted by molar-refractivity contribution is 0.0948. The molecule has 9 heteroatoms. The lowest BCUT2D eigenvalue weighted by Gasteiger charge is -2.11. The SMILES string of the molecule is COCc1c(C(=O)NCCc2cccnc2)cnn1-c1nccc(-c2ccccc2OC)n1. The number of pyridine rings is 1. The van der Waals surface area contributed by atoms with E-state index in [1.54, 1.807) is 38.9 Å². The van der Waals surface area contributed by atoms with Gasteiger partial charge in [0.15, 0.2) is 0 Å². The number of benzene rings is 1. The molecule has 4 aromatic rings. The minimum atomic E-state index is -0.238. The summed E-state index contributed by atoms with van der Waals surface area (Å²) in [6, 6.07) is 13.2. The van der Waals surface area contributed by atoms with Crippen LogP contribution in [0.4, 0.5) is 0 Å². The van der Waals surface area contributed by atoms with E-state index in [4.69, 9.17) is 9.47 Å². The Hall–Kier alpha value is -4.11. The summed E-state index contributed by atoms with van der Waals surface area (Å²) >= 11 is 0. The molecule has 1 amide bonds. The second-order valence-electron chi connectivity index (χ2n) is 7.16. The van der Waals surface area contributed by atoms with E-state index in [2.05, 4.69) is 25.4 Å². The minimum absolute atomic E-state index is 0.174. The third kappa shape index (κ3) is 5.04. The molecule has 0 saturated carbocycles. The first kappa shape index (κ1) is 22.1. The van der Waals surface area contributed by atoms with Crippen molar-refractivity contribution in [1.82, 2.24) is 30.0 Å². The Morgan fingerprint density at radius 1 is 1.06 bits per heavy atom. The maximum atomic E-state index is 12.9. The van der Waals surface area contributed by atoms with E-state index in [0.717, 1.165) is 11.1 Å². The van der Waals surface area contributed by atoms with Gasteiger partial charge in [-0.05, 0) is 36.2 Å². The molecule has 0 aliphatic carbocycles. The summed E-state index contributed by atoms with van der Waals surface area (Å²) in [7, 11) is 3.18. The van der Waals surface area contributed by atoms with Gasteiger partial charge in [0.25, 0.3) is 11.9 Å². The van der Waals surface area contributed by atoms with Gasteiger partial charge in [-0.1, -0.05) is 18.2 Å². The first-order valence-electron chi connectivity index (χ1n) is 10.4. The Balaban J connectivity index is 1.58. The molecule has 33 heavy (non-hydrogen) atoms. The van der Waals surface area contributed by atoms with Gasteiger partial charge < -0.3 is 14.8 Å². The molecule has 3 aromatic heterocycles. The van der Waals surface area contributed by atoms with Gasteiger partial charge >= 0.3 is 0 Å². The molecule has 0 unspecified atom stereocenters. The van der Waals surface area contributed by atoms with Gasteiger partial charge in [-0.2, -0.15) is 9.78 Å². The predicted molar refractivity (Wildman–Crippen MR) is 122 cm³/mol. The first-order chi connectivity index (χ1) is 16.2. The maximum absolute atomic E-state index is 12.9. The fourth-order valence-corrected chi connectivity index (χ4v) is 3.43. The fraction of sp³-hybridized carbons (Fsp3) is 0.208. The molecule has 4 rings (SSSR count). The summed E-state index contributed by atoms with van der Waals surface area (Å²) in [5.41, 5.74) is 3.53. The van der Waals surface area contributed by atoms with Crippen molar-refractivity contribution < 1.29 is 14.3 Å². The lowest BCUT2D eigenvalue weighted by atomic mass is 10.1. The van der Waals surface area contributed by atoms with Gasteiger partial charge in [0.05, 0.1) is 36.9 Å². The van der Waals surface area contributed by atoms with Crippen LogP contribution < -0.4 is 10.1 Å². The van der Waals surface area contributed by atoms with Crippen LogP contribution in [0.15, 0.2) is 67.3 Å². The van der Waals surface area contributed by atoms with Gasteiger partial charge in [0.2, 0.25) is 0 Å². The van der Waals surface area contributed by atoms with E-state index >= 15 is 0 Å². The van der Waals surface area contributed by atoms with E-state index in [1.165, 1.54) is 10.9 Å². The average Bonchev–Trinajstić information content (AvgIpc) is 3.28. The van der Waals surface area contributed by atoms with Crippen LogP contribution in [0, 0.1) is 0 Å². The van der Waals surface area contributed by atoms with Crippen LogP contribution in [-0.4, -0.2) is 51.4 Å². The van der Waals surface area contributed by atoms with Crippen LogP contribution >= 0.6 is 0 Å². The zero-order valence-corrected chi connectivity index (χ0v) is 18.4. The molecule has 1 aromatic carbocycles. The molecule has 0 aliphatic heterocycles. The van der Waals surface area contributed by atoms with Crippen molar-refractivity contribution in [3.05, 3.63) is 84.1 Å². The average molecular weight is 444 g/mol. The maximum Gasteiger partial charge on any atom is 0.254 e. The molecular weight excluding hydrogens is 420 g/mol. The van der Waals surface area contributed by atoms with Crippen molar-refractivity contribution >= 4 is 5.91 Å². The van der Waals surface area contributed by atoms with Crippen LogP contribution in [0.3, 0.4) is 0 Å². The van der Waals surface area contributed by atoms with Crippen molar-refractivity contribution in [3.63, 3.8) is 0 Å². The number of nitrogens with zero attached hydrogens (tertiary/aromatic N) is 5. The number of aromatic nitrogens is 5. The number of ether oxygens (including phenoxy) is 2. The smallest absolute Gasteiger partial charge is 0.254 e. The van der Waals surface area contributed by atoms with Crippen molar-refractivity contribution in [1.29, 1.82) is 0 Å². The Morgan fingerprint density at radius 3 is 2.73 bits per heavy atom. The number of nitrogens with one attached hydrogen (secondary N) is 1. The molecular formula is C24H24N6O3. The van der Waals surface area contributed by atoms with Crippen molar-refractivity contribution in [2.45, 2.75) is 13.0 Å². The summed E-state index contributed by atoms with van der Waals surface area (Å²) in [6.07, 6.45) is 7.34. The summed E-state index contributed by atoms with van der Waals surface area (Å²) in [5.74, 6) is 0.798. The second-order valence-corrected chi connectivity index (χ2v) is 7.16. The molecule has 0 fully saturated rings. The van der Waals surface area contributed by atoms with Gasteiger partial charge in [-0.25, -0.2) is 9.97 Å². The third-order valence-corrected chi connectivity index (χ3v) is 5.03. The molecule has 0 saturated heterocycles. The molecule has 1 N–H and O–H groups in total. The Kier molecular flexibility index (Phi) is 7.01. The number of hydrogen-bond donors (Lipinski definition) is 1. The summed E-state index contributed by atoms with van der Waals surface area (Å²) in [6.45, 7) is 0.648. The standard InChI is InChI=1S/C24H24N6O3/c1-32-16-21-19(23(31)26-12-9-17-6-5-11-25-14-17)15-28-30(21)24-27-13-10-20(29-24)18-7-3-4-8-22(18)33-2/h3-8,10-11,13-15H,9,12,16H2,1-2H3,(H,26,31). The Bertz CT molecular complexity index is 1230. The second kappa shape index (κ2) is 10.5. The summed E-state index contributed by atoms with van der Waals surface area (Å²) in [5, 5.41) is 7.31. The highest BCUT2D eigenvalue weighted by Crippen LogP contribution is 2.28. The van der Waals surface area contributed by atoms with Crippen LogP contribution in [0.5, 0.6) is 5.75 Å². The zero-order valence-electron chi connectivity index (χ0n) is 18.4. The van der Waals surface area contributed by atoms with E-state index in [0.29, 0.717) is 41.6 Å². The fourth-order valence-electron chi connectivity index (χ4n) is 3.43. The monoisotopic (exact) mass is 444 g/mol. The topological polar surface area (TPSA) is 104 Å². The quantitative estimate of drug-likeness (QED) is 0.423. The van der Waals surface area contributed by atoms with Crippen molar-refractivity contribution in [2.75, 3.05) is 20.8 Å². The van der Waals surface area contributed by atoms with Crippen molar-refractivity contribution in [3.8, 4) is 23.0 Å². The normalized spacial score (nSPS) is 10.7. The number of carbonyl (C=O) groups excluding carboxylic acids is 1. The van der Waals surface area contributed by atoms with Crippen LogP contribution in [-0.2, 0) is 17.8 Å². The number of para-hydroxylation sites is 1. The van der Waals surface area contributed by atoms with E-state index < -0.39 is 0 Å². The summed E-state index contributed by atoms with van der Waals surface area (Å²) in [4.78, 5) is 26.0. The number of hydrogen-bond acceptors (Lipinski definition) is 7. The lowest BCUT2D eigenvalue weighted by Crippen LogP contribution is -2.26.